The van der Waals surface area contributed by atoms with Gasteiger partial charge in [-0.25, -0.2) is 4.68 Å². The fourth-order valence-corrected chi connectivity index (χ4v) is 5.80. The number of hydrogen-bond donors (Lipinski definition) is 1. The molecule has 8 heteroatoms. The molecule has 0 radical (unpaired) electrons. The van der Waals surface area contributed by atoms with Gasteiger partial charge in [-0.05, 0) is 47.6 Å². The Labute approximate surface area is 209 Å². The number of allylic oxidation sites excluding steroid dienone is 2. The van der Waals surface area contributed by atoms with Gasteiger partial charge < -0.3 is 14.8 Å². The molecule has 0 saturated carbocycles. The number of methoxy groups -OCH3 is 2. The average molecular weight is 491 g/mol. The zero-order chi connectivity index (χ0) is 24.7. The van der Waals surface area contributed by atoms with Crippen molar-refractivity contribution in [2.75, 3.05) is 19.5 Å². The summed E-state index contributed by atoms with van der Waals surface area (Å²) in [7, 11) is 3.23. The number of ketones is 1. The highest BCUT2D eigenvalue weighted by Gasteiger charge is 2.42. The lowest BCUT2D eigenvalue weighted by Gasteiger charge is -2.38. The van der Waals surface area contributed by atoms with E-state index < -0.39 is 0 Å². The largest absolute Gasteiger partial charge is 0.493 e. The number of aromatic nitrogens is 3. The van der Waals surface area contributed by atoms with E-state index in [1.54, 1.807) is 26.0 Å². The number of benzene rings is 2. The van der Waals surface area contributed by atoms with Crippen LogP contribution in [-0.2, 0) is 10.5 Å². The molecule has 1 aliphatic heterocycles. The van der Waals surface area contributed by atoms with Crippen LogP contribution in [0.25, 0.3) is 0 Å². The predicted molar refractivity (Wildman–Crippen MR) is 137 cm³/mol. The smallest absolute Gasteiger partial charge is 0.227 e. The molecule has 182 valence electrons. The van der Waals surface area contributed by atoms with E-state index in [0.717, 1.165) is 29.0 Å². The number of nitrogens with zero attached hydrogens (tertiary/aromatic N) is 3. The van der Waals surface area contributed by atoms with Gasteiger partial charge in [0, 0.05) is 23.4 Å². The van der Waals surface area contributed by atoms with Crippen molar-refractivity contribution in [2.45, 2.75) is 50.6 Å². The molecule has 1 aliphatic carbocycles. The highest BCUT2D eigenvalue weighted by molar-refractivity contribution is 7.98. The maximum atomic E-state index is 13.4. The van der Waals surface area contributed by atoms with Crippen LogP contribution >= 0.6 is 11.8 Å². The number of nitrogens with one attached hydrogen (secondary N) is 1. The molecular weight excluding hydrogens is 460 g/mol. The molecule has 2 heterocycles. The van der Waals surface area contributed by atoms with Crippen molar-refractivity contribution >= 4 is 23.5 Å². The van der Waals surface area contributed by atoms with Gasteiger partial charge in [-0.3, -0.25) is 4.79 Å². The van der Waals surface area contributed by atoms with Gasteiger partial charge in [0.05, 0.1) is 14.2 Å². The molecule has 1 N–H and O–H groups in total. The molecule has 0 saturated heterocycles. The normalized spacial score (nSPS) is 18.5. The summed E-state index contributed by atoms with van der Waals surface area (Å²) in [6.07, 6.45) is 1.27. The topological polar surface area (TPSA) is 78.3 Å². The zero-order valence-electron chi connectivity index (χ0n) is 20.7. The van der Waals surface area contributed by atoms with Crippen molar-refractivity contribution in [3.05, 3.63) is 70.4 Å². The van der Waals surface area contributed by atoms with Crippen LogP contribution in [-0.4, -0.2) is 34.8 Å². The van der Waals surface area contributed by atoms with E-state index in [0.29, 0.717) is 29.0 Å². The number of thioether (sulfide) groups is 1. The average Bonchev–Trinajstić information content (AvgIpc) is 3.23. The predicted octanol–water partition coefficient (Wildman–Crippen LogP) is 5.55. The SMILES string of the molecule is COc1ccc([C@@H]2C3=C(CC(C)(C)CC3=O)Nc3nc(SCc4ccccc4C)nn32)cc1OC. The second kappa shape index (κ2) is 9.07. The van der Waals surface area contributed by atoms with Crippen molar-refractivity contribution in [3.63, 3.8) is 0 Å². The molecule has 2 aliphatic rings. The number of aryl methyl sites for hydroxylation is 1. The van der Waals surface area contributed by atoms with E-state index in [9.17, 15) is 4.79 Å². The van der Waals surface area contributed by atoms with E-state index in [1.165, 1.54) is 11.1 Å². The Morgan fingerprint density at radius 2 is 1.89 bits per heavy atom. The first-order chi connectivity index (χ1) is 16.8. The number of anilines is 1. The minimum Gasteiger partial charge on any atom is -0.493 e. The minimum atomic E-state index is -0.384. The van der Waals surface area contributed by atoms with Crippen molar-refractivity contribution in [1.82, 2.24) is 14.8 Å². The molecule has 5 rings (SSSR count). The fourth-order valence-electron chi connectivity index (χ4n) is 4.90. The monoisotopic (exact) mass is 490 g/mol. The number of rotatable bonds is 6. The molecule has 35 heavy (non-hydrogen) atoms. The quantitative estimate of drug-likeness (QED) is 0.454. The van der Waals surface area contributed by atoms with Crippen molar-refractivity contribution in [2.24, 2.45) is 5.41 Å². The van der Waals surface area contributed by atoms with Crippen molar-refractivity contribution in [1.29, 1.82) is 0 Å². The van der Waals surface area contributed by atoms with Crippen LogP contribution in [0.2, 0.25) is 0 Å². The van der Waals surface area contributed by atoms with E-state index in [-0.39, 0.29) is 17.2 Å². The van der Waals surface area contributed by atoms with Gasteiger partial charge in [-0.1, -0.05) is 55.9 Å². The summed E-state index contributed by atoms with van der Waals surface area (Å²) in [5.41, 5.74) is 4.98. The third-order valence-corrected chi connectivity index (χ3v) is 7.54. The highest BCUT2D eigenvalue weighted by atomic mass is 32.2. The molecule has 0 fully saturated rings. The molecule has 0 bridgehead atoms. The lowest BCUT2D eigenvalue weighted by Crippen LogP contribution is -2.36. The van der Waals surface area contributed by atoms with Crippen molar-refractivity contribution < 1.29 is 14.3 Å². The molecule has 1 atom stereocenters. The molecule has 7 nitrogen and oxygen atoms in total. The van der Waals surface area contributed by atoms with Crippen LogP contribution in [0.5, 0.6) is 11.5 Å². The lowest BCUT2D eigenvalue weighted by atomic mass is 9.73. The highest BCUT2D eigenvalue weighted by Crippen LogP contribution is 2.46. The molecule has 2 aromatic carbocycles. The molecule has 0 spiro atoms. The summed E-state index contributed by atoms with van der Waals surface area (Å²) in [4.78, 5) is 18.3. The summed E-state index contributed by atoms with van der Waals surface area (Å²) in [6.45, 7) is 6.37. The minimum absolute atomic E-state index is 0.115. The Balaban J connectivity index is 1.56. The summed E-state index contributed by atoms with van der Waals surface area (Å²) < 4.78 is 12.8. The Morgan fingerprint density at radius 1 is 1.11 bits per heavy atom. The second-order valence-corrected chi connectivity index (χ2v) is 10.8. The van der Waals surface area contributed by atoms with Crippen LogP contribution in [0.3, 0.4) is 0 Å². The molecule has 3 aromatic rings. The van der Waals surface area contributed by atoms with Gasteiger partial charge in [0.1, 0.15) is 6.04 Å². The first kappa shape index (κ1) is 23.5. The van der Waals surface area contributed by atoms with E-state index in [2.05, 4.69) is 44.3 Å². The first-order valence-corrected chi connectivity index (χ1v) is 12.7. The van der Waals surface area contributed by atoms with Crippen LogP contribution in [0.15, 0.2) is 58.9 Å². The Bertz CT molecular complexity index is 1330. The molecule has 1 aromatic heterocycles. The van der Waals surface area contributed by atoms with Gasteiger partial charge in [-0.2, -0.15) is 4.98 Å². The second-order valence-electron chi connectivity index (χ2n) is 9.85. The van der Waals surface area contributed by atoms with Gasteiger partial charge in [0.2, 0.25) is 11.1 Å². The summed E-state index contributed by atoms with van der Waals surface area (Å²) >= 11 is 1.59. The van der Waals surface area contributed by atoms with Gasteiger partial charge in [-0.15, -0.1) is 5.10 Å². The lowest BCUT2D eigenvalue weighted by molar-refractivity contribution is -0.118. The number of ether oxygens (including phenoxy) is 2. The van der Waals surface area contributed by atoms with E-state index in [4.69, 9.17) is 19.6 Å². The van der Waals surface area contributed by atoms with Gasteiger partial charge >= 0.3 is 0 Å². The van der Waals surface area contributed by atoms with Gasteiger partial charge in [0.15, 0.2) is 17.3 Å². The Hall–Kier alpha value is -3.26. The number of carbonyl (C=O) groups is 1. The fraction of sp³-hybridized carbons (Fsp3) is 0.370. The maximum Gasteiger partial charge on any atom is 0.227 e. The van der Waals surface area contributed by atoms with Crippen LogP contribution < -0.4 is 14.8 Å². The Morgan fingerprint density at radius 3 is 2.63 bits per heavy atom. The standard InChI is InChI=1S/C27H30N4O3S/c1-16-8-6-7-9-18(16)15-35-26-29-25-28-19-13-27(2,3)14-20(32)23(19)24(31(25)30-26)17-10-11-21(33-4)22(12-17)34-5/h6-12,24H,13-15H2,1-5H3,(H,28,29,30)/t24-/m1/s1. The van der Waals surface area contributed by atoms with Crippen LogP contribution in [0, 0.1) is 12.3 Å². The van der Waals surface area contributed by atoms with E-state index in [1.807, 2.05) is 28.9 Å². The first-order valence-electron chi connectivity index (χ1n) is 11.7. The Kier molecular flexibility index (Phi) is 6.09. The number of hydrogen-bond acceptors (Lipinski definition) is 7. The van der Waals surface area contributed by atoms with Crippen LogP contribution in [0.1, 0.15) is 49.4 Å². The summed E-state index contributed by atoms with van der Waals surface area (Å²) in [5, 5.41) is 8.98. The molecule has 0 unspecified atom stereocenters. The van der Waals surface area contributed by atoms with E-state index >= 15 is 0 Å². The zero-order valence-corrected chi connectivity index (χ0v) is 21.5. The van der Waals surface area contributed by atoms with Crippen LogP contribution in [0.4, 0.5) is 5.95 Å². The third kappa shape index (κ3) is 4.43. The summed E-state index contributed by atoms with van der Waals surface area (Å²) in [6, 6.07) is 13.7. The van der Waals surface area contributed by atoms with Crippen molar-refractivity contribution in [3.8, 4) is 11.5 Å². The maximum absolute atomic E-state index is 13.4. The summed E-state index contributed by atoms with van der Waals surface area (Å²) in [5.74, 6) is 2.82. The molecular formula is C27H30N4O3S. The molecule has 0 amide bonds. The number of fused-ring (bicyclic) bond motifs is 1. The third-order valence-electron chi connectivity index (χ3n) is 6.65. The van der Waals surface area contributed by atoms with Gasteiger partial charge in [0.25, 0.3) is 0 Å². The number of carbonyl (C=O) groups excluding carboxylic acids is 1. The number of Topliss-reactive ketones (excluding diaryl/α,β-unsaturated/α-hetero) is 1.